The van der Waals surface area contributed by atoms with Crippen molar-refractivity contribution < 1.29 is 14.0 Å². The zero-order valence-corrected chi connectivity index (χ0v) is 17.3. The standard InChI is InChI=1S/C18H24N4O3S2/c1-4-19-16(24)11(3)20-15(23)9-26-18-22-21-17(25-18)14-8-12-7-10(2)5-6-13(12)27-14/h8,10-11H,4-7,9H2,1-3H3,(H,19,24)(H,20,23)/t10-,11+/m1/s1. The third kappa shape index (κ3) is 5.10. The fourth-order valence-corrected chi connectivity index (χ4v) is 4.69. The highest BCUT2D eigenvalue weighted by molar-refractivity contribution is 7.99. The van der Waals surface area contributed by atoms with Crippen molar-refractivity contribution in [1.82, 2.24) is 20.8 Å². The minimum Gasteiger partial charge on any atom is -0.410 e. The SMILES string of the molecule is CCNC(=O)[C@H](C)NC(=O)CSc1nnc(-c2cc3c(s2)CC[C@@H](C)C3)o1. The van der Waals surface area contributed by atoms with Crippen LogP contribution in [0.25, 0.3) is 10.8 Å². The van der Waals surface area contributed by atoms with Gasteiger partial charge in [-0.25, -0.2) is 0 Å². The Labute approximate surface area is 166 Å². The number of carbonyl (C=O) groups is 2. The molecule has 9 heteroatoms. The number of thioether (sulfide) groups is 1. The minimum atomic E-state index is -0.573. The second kappa shape index (κ2) is 8.88. The van der Waals surface area contributed by atoms with E-state index in [0.717, 1.165) is 17.7 Å². The Bertz CT molecular complexity index is 817. The summed E-state index contributed by atoms with van der Waals surface area (Å²) >= 11 is 2.88. The van der Waals surface area contributed by atoms with Crippen molar-refractivity contribution in [3.8, 4) is 10.8 Å². The number of amides is 2. The van der Waals surface area contributed by atoms with Crippen LogP contribution in [-0.4, -0.2) is 40.4 Å². The van der Waals surface area contributed by atoms with Gasteiger partial charge in [0.1, 0.15) is 6.04 Å². The maximum absolute atomic E-state index is 12.0. The molecule has 0 unspecified atom stereocenters. The van der Waals surface area contributed by atoms with Crippen molar-refractivity contribution in [2.45, 2.75) is 51.3 Å². The number of fused-ring (bicyclic) bond motifs is 1. The topological polar surface area (TPSA) is 97.1 Å². The lowest BCUT2D eigenvalue weighted by molar-refractivity contribution is -0.127. The quantitative estimate of drug-likeness (QED) is 0.684. The molecule has 0 fully saturated rings. The van der Waals surface area contributed by atoms with Gasteiger partial charge < -0.3 is 15.1 Å². The summed E-state index contributed by atoms with van der Waals surface area (Å²) in [4.78, 5) is 26.0. The summed E-state index contributed by atoms with van der Waals surface area (Å²) in [5.41, 5.74) is 1.39. The molecule has 0 saturated heterocycles. The first-order valence-corrected chi connectivity index (χ1v) is 10.9. The highest BCUT2D eigenvalue weighted by atomic mass is 32.2. The summed E-state index contributed by atoms with van der Waals surface area (Å²) < 4.78 is 5.71. The van der Waals surface area contributed by atoms with Crippen molar-refractivity contribution in [2.75, 3.05) is 12.3 Å². The van der Waals surface area contributed by atoms with Crippen molar-refractivity contribution in [2.24, 2.45) is 5.92 Å². The molecule has 2 amide bonds. The van der Waals surface area contributed by atoms with Gasteiger partial charge in [0.05, 0.1) is 10.6 Å². The number of rotatable bonds is 7. The van der Waals surface area contributed by atoms with Crippen LogP contribution in [0.1, 0.15) is 37.6 Å². The first-order chi connectivity index (χ1) is 13.0. The van der Waals surface area contributed by atoms with Gasteiger partial charge >= 0.3 is 0 Å². The Morgan fingerprint density at radius 1 is 1.44 bits per heavy atom. The van der Waals surface area contributed by atoms with E-state index in [1.165, 1.54) is 28.6 Å². The van der Waals surface area contributed by atoms with Crippen LogP contribution in [0.5, 0.6) is 0 Å². The van der Waals surface area contributed by atoms with Gasteiger partial charge in [-0.05, 0) is 50.7 Å². The highest BCUT2D eigenvalue weighted by Gasteiger charge is 2.21. The predicted molar refractivity (Wildman–Crippen MR) is 106 cm³/mol. The lowest BCUT2D eigenvalue weighted by atomic mass is 9.90. The molecule has 0 aromatic carbocycles. The average molecular weight is 409 g/mol. The van der Waals surface area contributed by atoms with Crippen LogP contribution in [0.2, 0.25) is 0 Å². The van der Waals surface area contributed by atoms with E-state index in [9.17, 15) is 9.59 Å². The summed E-state index contributed by atoms with van der Waals surface area (Å²) in [5, 5.41) is 13.8. The molecule has 1 aliphatic carbocycles. The van der Waals surface area contributed by atoms with E-state index < -0.39 is 6.04 Å². The maximum Gasteiger partial charge on any atom is 0.277 e. The summed E-state index contributed by atoms with van der Waals surface area (Å²) in [6, 6.07) is 1.58. The Kier molecular flexibility index (Phi) is 6.54. The molecular weight excluding hydrogens is 384 g/mol. The summed E-state index contributed by atoms with van der Waals surface area (Å²) in [5.74, 6) is 0.879. The third-order valence-corrected chi connectivity index (χ3v) is 6.44. The summed E-state index contributed by atoms with van der Waals surface area (Å²) in [7, 11) is 0. The molecule has 0 saturated carbocycles. The Hall–Kier alpha value is -1.87. The van der Waals surface area contributed by atoms with Gasteiger partial charge in [0.2, 0.25) is 11.8 Å². The number of aromatic nitrogens is 2. The van der Waals surface area contributed by atoms with Crippen LogP contribution in [0.15, 0.2) is 15.7 Å². The number of aryl methyl sites for hydroxylation is 1. The predicted octanol–water partition coefficient (Wildman–Crippen LogP) is 2.66. The smallest absolute Gasteiger partial charge is 0.277 e. The Morgan fingerprint density at radius 3 is 3.04 bits per heavy atom. The van der Waals surface area contributed by atoms with E-state index in [1.54, 1.807) is 18.3 Å². The molecule has 3 rings (SSSR count). The third-order valence-electron chi connectivity index (χ3n) is 4.39. The van der Waals surface area contributed by atoms with Crippen LogP contribution in [0.4, 0.5) is 0 Å². The molecule has 2 atom stereocenters. The van der Waals surface area contributed by atoms with Gasteiger partial charge in [-0.2, -0.15) is 0 Å². The second-order valence-electron chi connectivity index (χ2n) is 6.75. The van der Waals surface area contributed by atoms with Gasteiger partial charge in [0.15, 0.2) is 0 Å². The van der Waals surface area contributed by atoms with Crippen molar-refractivity contribution in [3.63, 3.8) is 0 Å². The van der Waals surface area contributed by atoms with E-state index in [0.29, 0.717) is 23.6 Å². The number of thiophene rings is 1. The number of nitrogens with zero attached hydrogens (tertiary/aromatic N) is 2. The van der Waals surface area contributed by atoms with Crippen LogP contribution in [-0.2, 0) is 22.4 Å². The Morgan fingerprint density at radius 2 is 2.26 bits per heavy atom. The number of likely N-dealkylation sites (N-methyl/N-ethyl adjacent to an activating group) is 1. The lowest BCUT2D eigenvalue weighted by Gasteiger charge is -2.16. The number of carbonyl (C=O) groups excluding carboxylic acids is 2. The van der Waals surface area contributed by atoms with Crippen LogP contribution < -0.4 is 10.6 Å². The maximum atomic E-state index is 12.0. The zero-order valence-electron chi connectivity index (χ0n) is 15.7. The van der Waals surface area contributed by atoms with Crippen LogP contribution in [0, 0.1) is 5.92 Å². The molecule has 7 nitrogen and oxygen atoms in total. The van der Waals surface area contributed by atoms with E-state index in [2.05, 4.69) is 33.8 Å². The monoisotopic (exact) mass is 408 g/mol. The normalized spacial score (nSPS) is 17.2. The number of nitrogens with one attached hydrogen (secondary N) is 2. The lowest BCUT2D eigenvalue weighted by Crippen LogP contribution is -2.45. The van der Waals surface area contributed by atoms with E-state index in [1.807, 2.05) is 6.92 Å². The van der Waals surface area contributed by atoms with Crippen molar-refractivity contribution in [3.05, 3.63) is 16.5 Å². The molecule has 2 aromatic heterocycles. The Balaban J connectivity index is 1.54. The highest BCUT2D eigenvalue weighted by Crippen LogP contribution is 2.37. The van der Waals surface area contributed by atoms with Gasteiger partial charge in [0, 0.05) is 11.4 Å². The molecule has 0 radical (unpaired) electrons. The first kappa shape index (κ1) is 19.9. The van der Waals surface area contributed by atoms with Gasteiger partial charge in [-0.15, -0.1) is 21.5 Å². The molecule has 2 aromatic rings. The molecule has 2 heterocycles. The molecule has 0 aliphatic heterocycles. The van der Waals surface area contributed by atoms with E-state index in [4.69, 9.17) is 4.42 Å². The average Bonchev–Trinajstić information content (AvgIpc) is 3.26. The van der Waals surface area contributed by atoms with Crippen molar-refractivity contribution in [1.29, 1.82) is 0 Å². The molecule has 146 valence electrons. The zero-order chi connectivity index (χ0) is 19.4. The minimum absolute atomic E-state index is 0.115. The van der Waals surface area contributed by atoms with Crippen LogP contribution >= 0.6 is 23.1 Å². The molecule has 27 heavy (non-hydrogen) atoms. The number of hydrogen-bond donors (Lipinski definition) is 2. The van der Waals surface area contributed by atoms with E-state index in [-0.39, 0.29) is 17.6 Å². The van der Waals surface area contributed by atoms with E-state index >= 15 is 0 Å². The van der Waals surface area contributed by atoms with Gasteiger partial charge in [-0.1, -0.05) is 18.7 Å². The fourth-order valence-electron chi connectivity index (χ4n) is 2.98. The van der Waals surface area contributed by atoms with Gasteiger partial charge in [-0.3, -0.25) is 9.59 Å². The summed E-state index contributed by atoms with van der Waals surface area (Å²) in [6.45, 7) is 6.29. The molecular formula is C18H24N4O3S2. The molecule has 2 N–H and O–H groups in total. The molecule has 0 bridgehead atoms. The van der Waals surface area contributed by atoms with Gasteiger partial charge in [0.25, 0.3) is 11.1 Å². The first-order valence-electron chi connectivity index (χ1n) is 9.11. The van der Waals surface area contributed by atoms with Crippen LogP contribution in [0.3, 0.4) is 0 Å². The molecule has 1 aliphatic rings. The number of hydrogen-bond acceptors (Lipinski definition) is 7. The largest absolute Gasteiger partial charge is 0.410 e. The fraction of sp³-hybridized carbons (Fsp3) is 0.556. The molecule has 0 spiro atoms. The summed E-state index contributed by atoms with van der Waals surface area (Å²) in [6.07, 6.45) is 3.44. The van der Waals surface area contributed by atoms with Crippen molar-refractivity contribution >= 4 is 34.9 Å². The second-order valence-corrected chi connectivity index (χ2v) is 8.82.